The summed E-state index contributed by atoms with van der Waals surface area (Å²) >= 11 is 0. The second-order valence-electron chi connectivity index (χ2n) is 4.13. The molecule has 17 heavy (non-hydrogen) atoms. The number of hydrogen-bond acceptors (Lipinski definition) is 3. The Morgan fingerprint density at radius 2 is 1.94 bits per heavy atom. The molecule has 1 rings (SSSR count). The fourth-order valence-corrected chi connectivity index (χ4v) is 1.82. The van der Waals surface area contributed by atoms with Crippen molar-refractivity contribution in [2.75, 3.05) is 0 Å². The average Bonchev–Trinajstić information content (AvgIpc) is 2.63. The summed E-state index contributed by atoms with van der Waals surface area (Å²) in [5.74, 6) is -0.576. The lowest BCUT2D eigenvalue weighted by Crippen LogP contribution is -2.39. The molecule has 1 aliphatic heterocycles. The minimum absolute atomic E-state index is 0.153. The predicted octanol–water partition coefficient (Wildman–Crippen LogP) is 2.00. The Hall–Kier alpha value is -1.45. The van der Waals surface area contributed by atoms with E-state index in [9.17, 15) is 14.4 Å². The Morgan fingerprint density at radius 3 is 2.41 bits per heavy atom. The number of amides is 3. The largest absolute Gasteiger partial charge is 0.274 e. The van der Waals surface area contributed by atoms with E-state index in [1.165, 1.54) is 0 Å². The highest BCUT2D eigenvalue weighted by atomic mass is 16.2. The molecule has 0 bridgehead atoms. The van der Waals surface area contributed by atoms with Crippen LogP contribution in [0.15, 0.2) is 12.7 Å². The van der Waals surface area contributed by atoms with E-state index in [4.69, 9.17) is 0 Å². The Labute approximate surface area is 102 Å². The van der Waals surface area contributed by atoms with Crippen molar-refractivity contribution in [3.8, 4) is 0 Å². The number of likely N-dealkylation sites (tertiary alicyclic amines) is 1. The maximum Gasteiger partial charge on any atom is 0.243 e. The Balaban J connectivity index is 2.72. The van der Waals surface area contributed by atoms with Crippen molar-refractivity contribution in [3.63, 3.8) is 0 Å². The molecule has 1 radical (unpaired) electrons. The van der Waals surface area contributed by atoms with E-state index >= 15 is 0 Å². The lowest BCUT2D eigenvalue weighted by atomic mass is 9.97. The van der Waals surface area contributed by atoms with Gasteiger partial charge in [0.05, 0.1) is 5.92 Å². The first-order chi connectivity index (χ1) is 8.11. The Morgan fingerprint density at radius 1 is 1.35 bits per heavy atom. The van der Waals surface area contributed by atoms with Crippen LogP contribution in [0.1, 0.15) is 45.4 Å². The van der Waals surface area contributed by atoms with Crippen molar-refractivity contribution < 1.29 is 14.4 Å². The maximum atomic E-state index is 12.1. The van der Waals surface area contributed by atoms with Gasteiger partial charge < -0.3 is 0 Å². The SMILES string of the molecule is C=CC[C](CCCC)C(=O)N1C(=O)CCC1=O. The molecule has 0 aromatic rings. The smallest absolute Gasteiger partial charge is 0.243 e. The van der Waals surface area contributed by atoms with Crippen molar-refractivity contribution in [2.24, 2.45) is 0 Å². The molecule has 1 heterocycles. The van der Waals surface area contributed by atoms with Crippen molar-refractivity contribution in [3.05, 3.63) is 18.6 Å². The van der Waals surface area contributed by atoms with Crippen LogP contribution in [-0.4, -0.2) is 22.6 Å². The number of carbonyl (C=O) groups is 3. The van der Waals surface area contributed by atoms with Gasteiger partial charge in [0, 0.05) is 12.8 Å². The molecule has 4 nitrogen and oxygen atoms in total. The van der Waals surface area contributed by atoms with Crippen LogP contribution in [0.3, 0.4) is 0 Å². The third-order valence-corrected chi connectivity index (χ3v) is 2.78. The van der Waals surface area contributed by atoms with Gasteiger partial charge in [-0.2, -0.15) is 0 Å². The first-order valence-electron chi connectivity index (χ1n) is 5.97. The van der Waals surface area contributed by atoms with Crippen LogP contribution in [0.25, 0.3) is 0 Å². The standard InChI is InChI=1S/C13H18NO3/c1-3-5-7-10(6-4-2)13(17)14-11(15)8-9-12(14)16/h4H,2-3,5-9H2,1H3. The third-order valence-electron chi connectivity index (χ3n) is 2.78. The molecule has 0 saturated carbocycles. The van der Waals surface area contributed by atoms with Gasteiger partial charge in [0.2, 0.25) is 17.7 Å². The minimum Gasteiger partial charge on any atom is -0.274 e. The van der Waals surface area contributed by atoms with Crippen molar-refractivity contribution in [1.82, 2.24) is 4.90 Å². The zero-order valence-electron chi connectivity index (χ0n) is 10.2. The Kier molecular flexibility index (Phi) is 5.07. The van der Waals surface area contributed by atoms with Gasteiger partial charge >= 0.3 is 0 Å². The van der Waals surface area contributed by atoms with E-state index < -0.39 is 5.91 Å². The van der Waals surface area contributed by atoms with E-state index in [1.54, 1.807) is 6.08 Å². The van der Waals surface area contributed by atoms with E-state index in [1.807, 2.05) is 6.92 Å². The highest BCUT2D eigenvalue weighted by Gasteiger charge is 2.37. The van der Waals surface area contributed by atoms with Gasteiger partial charge in [-0.15, -0.1) is 6.58 Å². The van der Waals surface area contributed by atoms with Crippen LogP contribution >= 0.6 is 0 Å². The molecule has 0 aromatic heterocycles. The van der Waals surface area contributed by atoms with Crippen LogP contribution in [0.5, 0.6) is 0 Å². The molecule has 1 fully saturated rings. The third kappa shape index (κ3) is 3.25. The highest BCUT2D eigenvalue weighted by Crippen LogP contribution is 2.23. The number of imide groups is 3. The van der Waals surface area contributed by atoms with Crippen LogP contribution in [-0.2, 0) is 14.4 Å². The van der Waals surface area contributed by atoms with Crippen molar-refractivity contribution in [1.29, 1.82) is 0 Å². The first kappa shape index (κ1) is 13.6. The van der Waals surface area contributed by atoms with Gasteiger partial charge in [0.1, 0.15) is 0 Å². The summed E-state index contributed by atoms with van der Waals surface area (Å²) in [4.78, 5) is 35.8. The quantitative estimate of drug-likeness (QED) is 0.523. The summed E-state index contributed by atoms with van der Waals surface area (Å²) in [5.41, 5.74) is 0. The monoisotopic (exact) mass is 236 g/mol. The van der Waals surface area contributed by atoms with Gasteiger partial charge in [-0.3, -0.25) is 14.4 Å². The lowest BCUT2D eigenvalue weighted by Gasteiger charge is -2.18. The van der Waals surface area contributed by atoms with Crippen LogP contribution in [0.4, 0.5) is 0 Å². The molecule has 0 N–H and O–H groups in total. The molecule has 0 unspecified atom stereocenters. The number of allylic oxidation sites excluding steroid dienone is 1. The second-order valence-corrected chi connectivity index (χ2v) is 4.13. The van der Waals surface area contributed by atoms with Gasteiger partial charge in [-0.1, -0.05) is 25.8 Å². The molecular weight excluding hydrogens is 218 g/mol. The first-order valence-corrected chi connectivity index (χ1v) is 5.97. The number of hydrogen-bond donors (Lipinski definition) is 0. The number of nitrogens with zero attached hydrogens (tertiary/aromatic N) is 1. The average molecular weight is 236 g/mol. The topological polar surface area (TPSA) is 54.5 Å². The van der Waals surface area contributed by atoms with Crippen LogP contribution in [0, 0.1) is 5.92 Å². The van der Waals surface area contributed by atoms with Gasteiger partial charge in [-0.05, 0) is 12.8 Å². The summed E-state index contributed by atoms with van der Waals surface area (Å²) in [7, 11) is 0. The fraction of sp³-hybridized carbons (Fsp3) is 0.538. The predicted molar refractivity (Wildman–Crippen MR) is 63.7 cm³/mol. The van der Waals surface area contributed by atoms with Crippen molar-refractivity contribution >= 4 is 17.7 Å². The number of rotatable bonds is 6. The summed E-state index contributed by atoms with van der Waals surface area (Å²) in [6.07, 6.45) is 4.85. The van der Waals surface area contributed by atoms with E-state index in [2.05, 4.69) is 6.58 Å². The van der Waals surface area contributed by atoms with Crippen LogP contribution in [0.2, 0.25) is 0 Å². The minimum atomic E-state index is -0.425. The zero-order chi connectivity index (χ0) is 12.8. The molecule has 4 heteroatoms. The summed E-state index contributed by atoms with van der Waals surface area (Å²) < 4.78 is 0. The molecule has 3 amide bonds. The normalized spacial score (nSPS) is 15.8. The molecule has 0 aliphatic carbocycles. The van der Waals surface area contributed by atoms with E-state index in [0.29, 0.717) is 18.8 Å². The Bertz CT molecular complexity index is 320. The lowest BCUT2D eigenvalue weighted by molar-refractivity contribution is -0.148. The van der Waals surface area contributed by atoms with Gasteiger partial charge in [0.15, 0.2) is 0 Å². The summed E-state index contributed by atoms with van der Waals surface area (Å²) in [6, 6.07) is 0. The number of unbranched alkanes of at least 4 members (excludes halogenated alkanes) is 1. The molecule has 0 atom stereocenters. The van der Waals surface area contributed by atoms with Gasteiger partial charge in [0.25, 0.3) is 0 Å². The maximum absolute atomic E-state index is 12.1. The molecule has 93 valence electrons. The second kappa shape index (κ2) is 6.33. The zero-order valence-corrected chi connectivity index (χ0v) is 10.2. The molecule has 0 aromatic carbocycles. The van der Waals surface area contributed by atoms with Crippen molar-refractivity contribution in [2.45, 2.75) is 45.4 Å². The van der Waals surface area contributed by atoms with E-state index in [0.717, 1.165) is 17.7 Å². The van der Waals surface area contributed by atoms with E-state index in [-0.39, 0.29) is 24.7 Å². The fourth-order valence-electron chi connectivity index (χ4n) is 1.82. The highest BCUT2D eigenvalue weighted by molar-refractivity contribution is 6.18. The number of carbonyl (C=O) groups excluding carboxylic acids is 3. The molecular formula is C13H18NO3. The van der Waals surface area contributed by atoms with Crippen LogP contribution < -0.4 is 0 Å². The van der Waals surface area contributed by atoms with Gasteiger partial charge in [-0.25, -0.2) is 4.90 Å². The molecule has 1 saturated heterocycles. The summed E-state index contributed by atoms with van der Waals surface area (Å²) in [6.45, 7) is 5.62. The summed E-state index contributed by atoms with van der Waals surface area (Å²) in [5, 5.41) is 0. The molecule has 1 aliphatic rings. The molecule has 0 spiro atoms.